The number of carbonyl (C=O) groups is 1. The zero-order valence-electron chi connectivity index (χ0n) is 49.5. The van der Waals surface area contributed by atoms with Gasteiger partial charge in [-0.1, -0.05) is 278 Å². The highest BCUT2D eigenvalue weighted by molar-refractivity contribution is 7.47. The van der Waals surface area contributed by atoms with E-state index >= 15 is 0 Å². The largest absolute Gasteiger partial charge is 0.472 e. The number of hydrogen-bond acceptors (Lipinski definition) is 5. The minimum atomic E-state index is -4.34. The van der Waals surface area contributed by atoms with Crippen molar-refractivity contribution in [3.05, 3.63) is 97.2 Å². The molecule has 0 aliphatic carbocycles. The summed E-state index contributed by atoms with van der Waals surface area (Å²) in [5.74, 6) is -0.170. The number of nitrogens with one attached hydrogen (secondary N) is 1. The molecule has 0 aliphatic rings. The SMILES string of the molecule is CC/C=C\C/C=C\C/C=C\C/C=C\C/C=C\C/C=C\C/C=C\C/C=C\CCCCCCC(=O)NC(COP(=O)(O)OCC[N+](C)(C)C)C(O)CCCCCCCCCCCCCCCCCCCCCCCCCC. The molecule has 0 bridgehead atoms. The van der Waals surface area contributed by atoms with Crippen LogP contribution in [0.5, 0.6) is 0 Å². The van der Waals surface area contributed by atoms with Gasteiger partial charge in [-0.25, -0.2) is 4.57 Å². The molecule has 3 unspecified atom stereocenters. The van der Waals surface area contributed by atoms with Crippen LogP contribution >= 0.6 is 7.82 Å². The lowest BCUT2D eigenvalue weighted by Gasteiger charge is -2.26. The minimum absolute atomic E-state index is 0.0644. The Morgan fingerprint density at radius 1 is 0.467 bits per heavy atom. The van der Waals surface area contributed by atoms with Crippen LogP contribution in [0.4, 0.5) is 0 Å². The van der Waals surface area contributed by atoms with Gasteiger partial charge < -0.3 is 19.8 Å². The molecule has 8 nitrogen and oxygen atoms in total. The van der Waals surface area contributed by atoms with Crippen molar-refractivity contribution in [1.82, 2.24) is 5.32 Å². The molecule has 1 amide bonds. The number of hydrogen-bond donors (Lipinski definition) is 3. The fraction of sp³-hybridized carbons (Fsp3) is 0.742. The van der Waals surface area contributed by atoms with Crippen LogP contribution in [-0.2, 0) is 18.4 Å². The maximum Gasteiger partial charge on any atom is 0.472 e. The Bertz CT molecular complexity index is 1540. The summed E-state index contributed by atoms with van der Waals surface area (Å²) in [5, 5.41) is 14.1. The first kappa shape index (κ1) is 72.4. The van der Waals surface area contributed by atoms with Crippen molar-refractivity contribution >= 4 is 13.7 Å². The highest BCUT2D eigenvalue weighted by Crippen LogP contribution is 2.43. The Hall–Kier alpha value is -2.58. The number of nitrogens with zero attached hydrogens (tertiary/aromatic N) is 1. The standard InChI is InChI=1S/C66H119N2O6P/c1-6-8-10-12-14-16-18-20-22-24-26-28-30-32-33-34-35-36-38-40-42-44-46-48-50-52-54-56-58-60-66(70)67-64(63-74-75(71,72)73-62-61-68(3,4)5)65(69)59-57-55-53-51-49-47-45-43-41-39-37-31-29-27-25-23-21-19-17-15-13-11-9-7-2/h8,10,14,16,20,22,26,28,32-33,35-36,40,42,46,48,64-65,69H,6-7,9,11-13,15,17-19,21,23-25,27,29-31,34,37-39,41,43-45,47,49-63H2,1-5H3,(H-,67,70,71,72)/p+1/b10-8-,16-14-,22-20-,28-26-,33-32-,36-35-,42-40-,48-46-. The van der Waals surface area contributed by atoms with Gasteiger partial charge in [0.1, 0.15) is 13.2 Å². The summed E-state index contributed by atoms with van der Waals surface area (Å²) in [6, 6.07) is -0.783. The number of rotatable bonds is 56. The van der Waals surface area contributed by atoms with Gasteiger partial charge >= 0.3 is 7.82 Å². The van der Waals surface area contributed by atoms with Crippen molar-refractivity contribution in [2.24, 2.45) is 0 Å². The third kappa shape index (κ3) is 58.9. The maximum absolute atomic E-state index is 13.0. The van der Waals surface area contributed by atoms with Crippen molar-refractivity contribution < 1.29 is 32.9 Å². The monoisotopic (exact) mass is 1070 g/mol. The average Bonchev–Trinajstić information content (AvgIpc) is 3.37. The van der Waals surface area contributed by atoms with Crippen molar-refractivity contribution in [3.8, 4) is 0 Å². The lowest BCUT2D eigenvalue weighted by atomic mass is 10.0. The second-order valence-corrected chi connectivity index (χ2v) is 23.5. The number of amides is 1. The predicted molar refractivity (Wildman–Crippen MR) is 327 cm³/mol. The highest BCUT2D eigenvalue weighted by atomic mass is 31.2. The van der Waals surface area contributed by atoms with Gasteiger partial charge in [-0.05, 0) is 77.0 Å². The molecule has 3 N–H and O–H groups in total. The number of phosphoric ester groups is 1. The molecule has 0 aromatic heterocycles. The van der Waals surface area contributed by atoms with E-state index in [1.54, 1.807) is 0 Å². The molecule has 0 aromatic rings. The number of aliphatic hydroxyl groups is 1. The van der Waals surface area contributed by atoms with Gasteiger partial charge in [0.25, 0.3) is 0 Å². The van der Waals surface area contributed by atoms with E-state index in [0.29, 0.717) is 23.9 Å². The quantitative estimate of drug-likeness (QED) is 0.0243. The molecular weight excluding hydrogens is 948 g/mol. The van der Waals surface area contributed by atoms with Crippen LogP contribution in [0.1, 0.15) is 264 Å². The number of quaternary nitrogens is 1. The van der Waals surface area contributed by atoms with Crippen LogP contribution in [0.2, 0.25) is 0 Å². The molecular formula is C66H120N2O6P+. The van der Waals surface area contributed by atoms with Crippen LogP contribution in [0, 0.1) is 0 Å². The van der Waals surface area contributed by atoms with Crippen molar-refractivity contribution in [3.63, 3.8) is 0 Å². The first-order chi connectivity index (χ1) is 36.5. The van der Waals surface area contributed by atoms with Gasteiger partial charge in [-0.15, -0.1) is 0 Å². The van der Waals surface area contributed by atoms with Crippen molar-refractivity contribution in [1.29, 1.82) is 0 Å². The van der Waals surface area contributed by atoms with E-state index in [0.717, 1.165) is 103 Å². The van der Waals surface area contributed by atoms with E-state index in [9.17, 15) is 19.4 Å². The zero-order chi connectivity index (χ0) is 54.9. The second kappa shape index (κ2) is 56.2. The van der Waals surface area contributed by atoms with Crippen LogP contribution < -0.4 is 5.32 Å². The maximum atomic E-state index is 13.0. The van der Waals surface area contributed by atoms with Crippen LogP contribution in [-0.4, -0.2) is 73.4 Å². The molecule has 0 fully saturated rings. The fourth-order valence-corrected chi connectivity index (χ4v) is 9.51. The predicted octanol–water partition coefficient (Wildman–Crippen LogP) is 19.4. The van der Waals surface area contributed by atoms with Gasteiger partial charge in [0.15, 0.2) is 0 Å². The Morgan fingerprint density at radius 3 is 1.17 bits per heavy atom. The van der Waals surface area contributed by atoms with E-state index < -0.39 is 20.0 Å². The molecule has 0 saturated carbocycles. The lowest BCUT2D eigenvalue weighted by molar-refractivity contribution is -0.870. The number of carbonyl (C=O) groups excluding carboxylic acids is 1. The summed E-state index contributed by atoms with van der Waals surface area (Å²) < 4.78 is 23.8. The summed E-state index contributed by atoms with van der Waals surface area (Å²) in [4.78, 5) is 23.4. The van der Waals surface area contributed by atoms with E-state index in [1.165, 1.54) is 135 Å². The van der Waals surface area contributed by atoms with Gasteiger partial charge in [0.05, 0.1) is 39.9 Å². The smallest absolute Gasteiger partial charge is 0.391 e. The van der Waals surface area contributed by atoms with Gasteiger partial charge in [0, 0.05) is 6.42 Å². The van der Waals surface area contributed by atoms with E-state index in [1.807, 2.05) is 21.1 Å². The Balaban J connectivity index is 4.23. The third-order valence-electron chi connectivity index (χ3n) is 13.6. The van der Waals surface area contributed by atoms with Gasteiger partial charge in [-0.2, -0.15) is 0 Å². The first-order valence-corrected chi connectivity index (χ1v) is 32.6. The summed E-state index contributed by atoms with van der Waals surface area (Å²) >= 11 is 0. The highest BCUT2D eigenvalue weighted by Gasteiger charge is 2.28. The molecule has 3 atom stereocenters. The van der Waals surface area contributed by atoms with E-state index in [4.69, 9.17) is 9.05 Å². The molecule has 9 heteroatoms. The summed E-state index contributed by atoms with van der Waals surface area (Å²) in [6.07, 6.45) is 80.4. The normalized spacial score (nSPS) is 14.5. The molecule has 0 aliphatic heterocycles. The number of likely N-dealkylation sites (N-methyl/N-ethyl adjacent to an activating group) is 1. The van der Waals surface area contributed by atoms with Crippen LogP contribution in [0.15, 0.2) is 97.2 Å². The average molecular weight is 1070 g/mol. The van der Waals surface area contributed by atoms with Crippen LogP contribution in [0.25, 0.3) is 0 Å². The molecule has 0 spiro atoms. The van der Waals surface area contributed by atoms with Crippen molar-refractivity contribution in [2.75, 3.05) is 40.9 Å². The topological polar surface area (TPSA) is 105 Å². The van der Waals surface area contributed by atoms with E-state index in [-0.39, 0.29) is 19.1 Å². The second-order valence-electron chi connectivity index (χ2n) is 22.1. The third-order valence-corrected chi connectivity index (χ3v) is 14.6. The molecule has 0 rings (SSSR count). The van der Waals surface area contributed by atoms with Crippen molar-refractivity contribution in [2.45, 2.75) is 276 Å². The lowest BCUT2D eigenvalue weighted by Crippen LogP contribution is -2.46. The number of allylic oxidation sites excluding steroid dienone is 16. The van der Waals surface area contributed by atoms with E-state index in [2.05, 4.69) is 116 Å². The molecule has 0 radical (unpaired) electrons. The molecule has 0 aromatic carbocycles. The minimum Gasteiger partial charge on any atom is -0.391 e. The zero-order valence-corrected chi connectivity index (χ0v) is 50.4. The fourth-order valence-electron chi connectivity index (χ4n) is 8.77. The number of phosphoric acid groups is 1. The Labute approximate surface area is 464 Å². The Kier molecular flexibility index (Phi) is 54.2. The molecule has 0 saturated heterocycles. The first-order valence-electron chi connectivity index (χ1n) is 31.1. The number of aliphatic hydroxyl groups excluding tert-OH is 1. The summed E-state index contributed by atoms with van der Waals surface area (Å²) in [7, 11) is 1.59. The number of unbranched alkanes of at least 4 members (excludes halogenated alkanes) is 27. The summed E-state index contributed by atoms with van der Waals surface area (Å²) in [5.41, 5.74) is 0. The molecule has 75 heavy (non-hydrogen) atoms. The van der Waals surface area contributed by atoms with Gasteiger partial charge in [0.2, 0.25) is 5.91 Å². The molecule has 0 heterocycles. The Morgan fingerprint density at radius 2 is 0.800 bits per heavy atom. The summed E-state index contributed by atoms with van der Waals surface area (Å²) in [6.45, 7) is 4.77. The molecule has 434 valence electrons. The van der Waals surface area contributed by atoms with Gasteiger partial charge in [-0.3, -0.25) is 13.8 Å². The van der Waals surface area contributed by atoms with Crippen LogP contribution in [0.3, 0.4) is 0 Å².